The van der Waals surface area contributed by atoms with E-state index in [9.17, 15) is 0 Å². The molecule has 0 aliphatic carbocycles. The Balaban J connectivity index is 3.60. The zero-order valence-electron chi connectivity index (χ0n) is 5.67. The average molecular weight is 246 g/mol. The number of benzene rings is 1. The lowest BCUT2D eigenvalue weighted by atomic mass is 10.3. The summed E-state index contributed by atoms with van der Waals surface area (Å²) in [6, 6.07) is 0. The van der Waals surface area contributed by atoms with E-state index in [0.717, 1.165) is 0 Å². The van der Waals surface area contributed by atoms with Crippen LogP contribution in [-0.4, -0.2) is 0 Å². The number of hydrogen-bond acceptors (Lipinski definition) is 2. The Morgan fingerprint density at radius 1 is 0.583 bits per heavy atom. The monoisotopic (exact) mass is 244 g/mol. The van der Waals surface area contributed by atoms with Crippen LogP contribution in [0.4, 0.5) is 11.4 Å². The van der Waals surface area contributed by atoms with Crippen LogP contribution in [0, 0.1) is 0 Å². The van der Waals surface area contributed by atoms with Crippen molar-refractivity contribution in [2.45, 2.75) is 0 Å². The van der Waals surface area contributed by atoms with Crippen molar-refractivity contribution in [2.24, 2.45) is 0 Å². The highest BCUT2D eigenvalue weighted by Gasteiger charge is 2.15. The normalized spacial score (nSPS) is 10.3. The summed E-state index contributed by atoms with van der Waals surface area (Å²) in [6.45, 7) is 0. The fourth-order valence-corrected chi connectivity index (χ4v) is 1.59. The van der Waals surface area contributed by atoms with Gasteiger partial charge in [0.05, 0.1) is 31.5 Å². The van der Waals surface area contributed by atoms with Gasteiger partial charge in [-0.2, -0.15) is 0 Å². The van der Waals surface area contributed by atoms with Crippen molar-refractivity contribution < 1.29 is 0 Å². The molecular formula is C6H4Cl4N2. The molecule has 2 nitrogen and oxygen atoms in total. The van der Waals surface area contributed by atoms with Gasteiger partial charge >= 0.3 is 0 Å². The van der Waals surface area contributed by atoms with E-state index in [1.165, 1.54) is 0 Å². The maximum absolute atomic E-state index is 5.68. The molecule has 1 rings (SSSR count). The third-order valence-corrected chi connectivity index (χ3v) is 3.10. The van der Waals surface area contributed by atoms with Gasteiger partial charge in [-0.3, -0.25) is 0 Å². The highest BCUT2D eigenvalue weighted by molar-refractivity contribution is 6.52. The molecule has 0 heterocycles. The number of halogens is 4. The predicted octanol–water partition coefficient (Wildman–Crippen LogP) is 3.46. The molecule has 0 atom stereocenters. The first kappa shape index (κ1) is 10.1. The van der Waals surface area contributed by atoms with Crippen LogP contribution in [0.15, 0.2) is 0 Å². The summed E-state index contributed by atoms with van der Waals surface area (Å²) >= 11 is 22.7. The molecule has 0 aliphatic rings. The average Bonchev–Trinajstić information content (AvgIpc) is 2.08. The third-order valence-electron chi connectivity index (χ3n) is 1.33. The van der Waals surface area contributed by atoms with Crippen LogP contribution in [0.25, 0.3) is 0 Å². The van der Waals surface area contributed by atoms with Crippen molar-refractivity contribution in [1.82, 2.24) is 0 Å². The summed E-state index contributed by atoms with van der Waals surface area (Å²) in [7, 11) is 0. The highest BCUT2D eigenvalue weighted by Crippen LogP contribution is 2.44. The van der Waals surface area contributed by atoms with Crippen LogP contribution in [-0.2, 0) is 0 Å². The second-order valence-electron chi connectivity index (χ2n) is 2.08. The van der Waals surface area contributed by atoms with E-state index >= 15 is 0 Å². The van der Waals surface area contributed by atoms with Gasteiger partial charge in [-0.15, -0.1) is 0 Å². The Kier molecular flexibility index (Phi) is 2.84. The lowest BCUT2D eigenvalue weighted by Crippen LogP contribution is -1.95. The zero-order chi connectivity index (χ0) is 9.46. The van der Waals surface area contributed by atoms with Crippen LogP contribution >= 0.6 is 46.4 Å². The van der Waals surface area contributed by atoms with Crippen molar-refractivity contribution in [2.75, 3.05) is 11.5 Å². The van der Waals surface area contributed by atoms with Gasteiger partial charge in [0.25, 0.3) is 0 Å². The predicted molar refractivity (Wildman–Crippen MR) is 55.3 cm³/mol. The molecule has 0 fully saturated rings. The number of nitrogen functional groups attached to an aromatic ring is 2. The minimum absolute atomic E-state index is 0.123. The minimum Gasteiger partial charge on any atom is -0.396 e. The van der Waals surface area contributed by atoms with E-state index in [1.807, 2.05) is 0 Å². The van der Waals surface area contributed by atoms with Crippen molar-refractivity contribution in [1.29, 1.82) is 0 Å². The van der Waals surface area contributed by atoms with E-state index in [4.69, 9.17) is 57.9 Å². The summed E-state index contributed by atoms with van der Waals surface area (Å²) in [6.07, 6.45) is 0. The topological polar surface area (TPSA) is 52.0 Å². The van der Waals surface area contributed by atoms with Crippen LogP contribution < -0.4 is 11.5 Å². The number of nitrogens with two attached hydrogens (primary N) is 2. The van der Waals surface area contributed by atoms with Crippen molar-refractivity contribution in [3.8, 4) is 0 Å². The molecule has 0 amide bonds. The molecule has 12 heavy (non-hydrogen) atoms. The smallest absolute Gasteiger partial charge is 0.0896 e. The van der Waals surface area contributed by atoms with Gasteiger partial charge in [0.2, 0.25) is 0 Å². The molecule has 0 bridgehead atoms. The van der Waals surface area contributed by atoms with Crippen molar-refractivity contribution in [3.63, 3.8) is 0 Å². The van der Waals surface area contributed by atoms with Gasteiger partial charge in [-0.1, -0.05) is 46.4 Å². The summed E-state index contributed by atoms with van der Waals surface area (Å²) in [5, 5.41) is 0.508. The molecule has 0 saturated carbocycles. The SMILES string of the molecule is Nc1c(Cl)c(N)c(Cl)c(Cl)c1Cl. The second kappa shape index (κ2) is 3.38. The van der Waals surface area contributed by atoms with Crippen LogP contribution in [0.3, 0.4) is 0 Å². The van der Waals surface area contributed by atoms with Crippen LogP contribution in [0.1, 0.15) is 0 Å². The molecule has 1 aromatic rings. The Bertz CT molecular complexity index is 232. The van der Waals surface area contributed by atoms with Gasteiger partial charge in [0, 0.05) is 0 Å². The Labute approximate surface area is 89.3 Å². The fourth-order valence-electron chi connectivity index (χ4n) is 0.671. The van der Waals surface area contributed by atoms with Gasteiger partial charge in [0.1, 0.15) is 0 Å². The standard InChI is InChI=1S/C6H4Cl4N2/c7-1-2(8)5(11)4(10)6(12)3(1)9/h11-12H2. The summed E-state index contributed by atoms with van der Waals surface area (Å²) in [5.74, 6) is 0. The molecule has 0 aromatic heterocycles. The fraction of sp³-hybridized carbons (Fsp3) is 0. The van der Waals surface area contributed by atoms with Gasteiger partial charge in [-0.25, -0.2) is 0 Å². The molecule has 1 aromatic carbocycles. The zero-order valence-corrected chi connectivity index (χ0v) is 8.69. The maximum atomic E-state index is 5.68. The molecule has 4 N–H and O–H groups in total. The van der Waals surface area contributed by atoms with Gasteiger partial charge < -0.3 is 11.5 Å². The lowest BCUT2D eigenvalue weighted by Gasteiger charge is -2.08. The third kappa shape index (κ3) is 1.40. The molecular weight excluding hydrogens is 242 g/mol. The molecule has 0 unspecified atom stereocenters. The Morgan fingerprint density at radius 2 is 0.917 bits per heavy atom. The first-order valence-electron chi connectivity index (χ1n) is 2.83. The van der Waals surface area contributed by atoms with E-state index in [0.29, 0.717) is 0 Å². The van der Waals surface area contributed by atoms with Crippen LogP contribution in [0.5, 0.6) is 0 Å². The van der Waals surface area contributed by atoms with Crippen LogP contribution in [0.2, 0.25) is 20.1 Å². The highest BCUT2D eigenvalue weighted by atomic mass is 35.5. The van der Waals surface area contributed by atoms with E-state index in [-0.39, 0.29) is 31.5 Å². The van der Waals surface area contributed by atoms with E-state index in [1.54, 1.807) is 0 Å². The second-order valence-corrected chi connectivity index (χ2v) is 3.60. The Morgan fingerprint density at radius 3 is 1.25 bits per heavy atom. The van der Waals surface area contributed by atoms with Crippen molar-refractivity contribution >= 4 is 57.8 Å². The van der Waals surface area contributed by atoms with E-state index < -0.39 is 0 Å². The molecule has 66 valence electrons. The Hall–Kier alpha value is -0.0200. The quantitative estimate of drug-likeness (QED) is 0.418. The number of rotatable bonds is 0. The minimum atomic E-state index is 0.123. The summed E-state index contributed by atoms with van der Waals surface area (Å²) < 4.78 is 0. The molecule has 0 radical (unpaired) electrons. The summed E-state index contributed by atoms with van der Waals surface area (Å²) in [4.78, 5) is 0. The van der Waals surface area contributed by atoms with Gasteiger partial charge in [0.15, 0.2) is 0 Å². The largest absolute Gasteiger partial charge is 0.396 e. The maximum Gasteiger partial charge on any atom is 0.0896 e. The molecule has 0 spiro atoms. The van der Waals surface area contributed by atoms with E-state index in [2.05, 4.69) is 0 Å². The molecule has 0 aliphatic heterocycles. The first-order chi connectivity index (χ1) is 5.46. The lowest BCUT2D eigenvalue weighted by molar-refractivity contribution is 1.66. The molecule has 6 heteroatoms. The molecule has 0 saturated heterocycles. The first-order valence-corrected chi connectivity index (χ1v) is 4.35. The van der Waals surface area contributed by atoms with Crippen molar-refractivity contribution in [3.05, 3.63) is 20.1 Å². The number of hydrogen-bond donors (Lipinski definition) is 2. The summed E-state index contributed by atoms with van der Waals surface area (Å²) in [5.41, 5.74) is 11.2. The van der Waals surface area contributed by atoms with Gasteiger partial charge in [-0.05, 0) is 0 Å². The number of anilines is 2.